The molecule has 3 nitrogen and oxygen atoms in total. The van der Waals surface area contributed by atoms with Gasteiger partial charge in [-0.15, -0.1) is 0 Å². The number of piperidine rings is 1. The number of ether oxygens (including phenoxy) is 1. The topological polar surface area (TPSA) is 32.7 Å². The Morgan fingerprint density at radius 3 is 2.95 bits per heavy atom. The molecule has 2 rings (SSSR count). The highest BCUT2D eigenvalue weighted by Gasteiger charge is 2.21. The van der Waals surface area contributed by atoms with Crippen LogP contribution in [-0.4, -0.2) is 42.4 Å². The van der Waals surface area contributed by atoms with E-state index in [9.17, 15) is 8.78 Å². The highest BCUT2D eigenvalue weighted by atomic mass is 19.1. The van der Waals surface area contributed by atoms with Crippen LogP contribution in [-0.2, 0) is 11.3 Å². The van der Waals surface area contributed by atoms with Gasteiger partial charge >= 0.3 is 0 Å². The van der Waals surface area contributed by atoms with E-state index in [1.165, 1.54) is 12.1 Å². The third-order valence-corrected chi connectivity index (χ3v) is 3.32. The molecule has 5 heteroatoms. The molecule has 1 atom stereocenters. The Kier molecular flexibility index (Phi) is 5.24. The molecule has 1 unspecified atom stereocenters. The number of rotatable bonds is 5. The van der Waals surface area contributed by atoms with Crippen LogP contribution in [0, 0.1) is 11.6 Å². The van der Waals surface area contributed by atoms with Crippen molar-refractivity contribution >= 4 is 0 Å². The standard InChI is InChI=1S/C14H19F2NO2/c15-12-4-3-11(14(16)8-12)9-17-5-1-2-13(10-17)19-7-6-18/h3-4,8,13,18H,1-2,5-7,9-10H2. The van der Waals surface area contributed by atoms with Gasteiger partial charge in [0.25, 0.3) is 0 Å². The van der Waals surface area contributed by atoms with Crippen LogP contribution in [0.5, 0.6) is 0 Å². The van der Waals surface area contributed by atoms with Crippen molar-refractivity contribution in [3.05, 3.63) is 35.4 Å². The first-order chi connectivity index (χ1) is 9.19. The Bertz CT molecular complexity index is 414. The number of hydrogen-bond donors (Lipinski definition) is 1. The van der Waals surface area contributed by atoms with E-state index in [-0.39, 0.29) is 12.7 Å². The summed E-state index contributed by atoms with van der Waals surface area (Å²) in [6.45, 7) is 2.42. The van der Waals surface area contributed by atoms with E-state index in [2.05, 4.69) is 4.90 Å². The largest absolute Gasteiger partial charge is 0.394 e. The zero-order valence-corrected chi connectivity index (χ0v) is 10.8. The van der Waals surface area contributed by atoms with Crippen molar-refractivity contribution in [3.8, 4) is 0 Å². The second kappa shape index (κ2) is 6.93. The van der Waals surface area contributed by atoms with Gasteiger partial charge in [-0.2, -0.15) is 0 Å². The summed E-state index contributed by atoms with van der Waals surface area (Å²) >= 11 is 0. The molecule has 1 heterocycles. The lowest BCUT2D eigenvalue weighted by Crippen LogP contribution is -2.39. The van der Waals surface area contributed by atoms with Gasteiger partial charge in [-0.25, -0.2) is 8.78 Å². The van der Waals surface area contributed by atoms with Crippen molar-refractivity contribution in [2.75, 3.05) is 26.3 Å². The molecule has 1 aromatic carbocycles. The van der Waals surface area contributed by atoms with Crippen LogP contribution < -0.4 is 0 Å². The SMILES string of the molecule is OCCOC1CCCN(Cc2ccc(F)cc2F)C1. The van der Waals surface area contributed by atoms with Crippen molar-refractivity contribution in [2.45, 2.75) is 25.5 Å². The van der Waals surface area contributed by atoms with Gasteiger partial charge in [0.15, 0.2) is 0 Å². The van der Waals surface area contributed by atoms with Gasteiger partial charge in [-0.1, -0.05) is 6.07 Å². The molecular weight excluding hydrogens is 252 g/mol. The highest BCUT2D eigenvalue weighted by Crippen LogP contribution is 2.18. The lowest BCUT2D eigenvalue weighted by atomic mass is 10.1. The number of halogens is 2. The second-order valence-corrected chi connectivity index (χ2v) is 4.83. The van der Waals surface area contributed by atoms with Crippen LogP contribution in [0.25, 0.3) is 0 Å². The first kappa shape index (κ1) is 14.4. The van der Waals surface area contributed by atoms with Crippen LogP contribution in [0.2, 0.25) is 0 Å². The summed E-state index contributed by atoms with van der Waals surface area (Å²) in [7, 11) is 0. The quantitative estimate of drug-likeness (QED) is 0.888. The maximum absolute atomic E-state index is 13.6. The van der Waals surface area contributed by atoms with Crippen molar-refractivity contribution in [3.63, 3.8) is 0 Å². The number of benzene rings is 1. The number of likely N-dealkylation sites (tertiary alicyclic amines) is 1. The van der Waals surface area contributed by atoms with Crippen LogP contribution in [0.15, 0.2) is 18.2 Å². The van der Waals surface area contributed by atoms with Crippen molar-refractivity contribution in [2.24, 2.45) is 0 Å². The predicted molar refractivity (Wildman–Crippen MR) is 67.7 cm³/mol. The summed E-state index contributed by atoms with van der Waals surface area (Å²) < 4.78 is 31.9. The van der Waals surface area contributed by atoms with Gasteiger partial charge in [0, 0.05) is 24.7 Å². The first-order valence-electron chi connectivity index (χ1n) is 6.58. The summed E-state index contributed by atoms with van der Waals surface area (Å²) in [5, 5.41) is 8.74. The zero-order valence-electron chi connectivity index (χ0n) is 10.8. The molecule has 1 saturated heterocycles. The van der Waals surface area contributed by atoms with Gasteiger partial charge in [0.1, 0.15) is 11.6 Å². The summed E-state index contributed by atoms with van der Waals surface area (Å²) in [5.41, 5.74) is 0.504. The minimum Gasteiger partial charge on any atom is -0.394 e. The highest BCUT2D eigenvalue weighted by molar-refractivity contribution is 5.18. The van der Waals surface area contributed by atoms with Gasteiger partial charge in [-0.05, 0) is 25.5 Å². The zero-order chi connectivity index (χ0) is 13.7. The molecule has 0 saturated carbocycles. The molecule has 0 aliphatic carbocycles. The van der Waals surface area contributed by atoms with E-state index in [1.807, 2.05) is 0 Å². The molecule has 0 radical (unpaired) electrons. The summed E-state index contributed by atoms with van der Waals surface area (Å²) in [6, 6.07) is 3.68. The smallest absolute Gasteiger partial charge is 0.130 e. The summed E-state index contributed by atoms with van der Waals surface area (Å²) in [6.07, 6.45) is 2.03. The summed E-state index contributed by atoms with van der Waals surface area (Å²) in [5.74, 6) is -1.05. The Morgan fingerprint density at radius 1 is 1.37 bits per heavy atom. The van der Waals surface area contributed by atoms with E-state index in [0.29, 0.717) is 18.7 Å². The van der Waals surface area contributed by atoms with Gasteiger partial charge < -0.3 is 9.84 Å². The maximum atomic E-state index is 13.6. The van der Waals surface area contributed by atoms with Gasteiger partial charge in [0.2, 0.25) is 0 Å². The molecule has 0 bridgehead atoms. The van der Waals surface area contributed by atoms with E-state index in [1.54, 1.807) is 0 Å². The monoisotopic (exact) mass is 271 g/mol. The number of nitrogens with zero attached hydrogens (tertiary/aromatic N) is 1. The fraction of sp³-hybridized carbons (Fsp3) is 0.571. The van der Waals surface area contributed by atoms with E-state index in [4.69, 9.17) is 9.84 Å². The second-order valence-electron chi connectivity index (χ2n) is 4.83. The molecular formula is C14H19F2NO2. The van der Waals surface area contributed by atoms with Crippen molar-refractivity contribution < 1.29 is 18.6 Å². The minimum atomic E-state index is -0.552. The van der Waals surface area contributed by atoms with Crippen LogP contribution in [0.3, 0.4) is 0 Å². The Morgan fingerprint density at radius 2 is 2.21 bits per heavy atom. The average molecular weight is 271 g/mol. The molecule has 0 amide bonds. The molecule has 1 aliphatic rings. The van der Waals surface area contributed by atoms with Crippen LogP contribution in [0.1, 0.15) is 18.4 Å². The molecule has 106 valence electrons. The van der Waals surface area contributed by atoms with Crippen LogP contribution in [0.4, 0.5) is 8.78 Å². The Labute approximate surface area is 111 Å². The van der Waals surface area contributed by atoms with E-state index in [0.717, 1.165) is 32.0 Å². The maximum Gasteiger partial charge on any atom is 0.130 e. The molecule has 0 spiro atoms. The lowest BCUT2D eigenvalue weighted by molar-refractivity contribution is -0.0165. The third-order valence-electron chi connectivity index (χ3n) is 3.32. The number of aliphatic hydroxyl groups is 1. The fourth-order valence-corrected chi connectivity index (χ4v) is 2.40. The molecule has 1 aromatic rings. The van der Waals surface area contributed by atoms with E-state index < -0.39 is 11.6 Å². The molecule has 19 heavy (non-hydrogen) atoms. The molecule has 1 N–H and O–H groups in total. The Balaban J connectivity index is 1.91. The number of aliphatic hydroxyl groups excluding tert-OH is 1. The van der Waals surface area contributed by atoms with Gasteiger partial charge in [0.05, 0.1) is 19.3 Å². The van der Waals surface area contributed by atoms with Crippen molar-refractivity contribution in [1.82, 2.24) is 4.90 Å². The molecule has 1 aliphatic heterocycles. The minimum absolute atomic E-state index is 0.0170. The number of hydrogen-bond acceptors (Lipinski definition) is 3. The van der Waals surface area contributed by atoms with Gasteiger partial charge in [-0.3, -0.25) is 4.90 Å². The first-order valence-corrected chi connectivity index (χ1v) is 6.58. The fourth-order valence-electron chi connectivity index (χ4n) is 2.40. The normalized spacial score (nSPS) is 20.7. The van der Waals surface area contributed by atoms with Crippen molar-refractivity contribution in [1.29, 1.82) is 0 Å². The summed E-state index contributed by atoms with van der Waals surface area (Å²) in [4.78, 5) is 2.10. The predicted octanol–water partition coefficient (Wildman–Crippen LogP) is 1.94. The third kappa shape index (κ3) is 4.23. The molecule has 0 aromatic heterocycles. The Hall–Kier alpha value is -1.04. The average Bonchev–Trinajstić information content (AvgIpc) is 2.40. The van der Waals surface area contributed by atoms with Crippen LogP contribution >= 0.6 is 0 Å². The lowest BCUT2D eigenvalue weighted by Gasteiger charge is -2.32. The molecule has 1 fully saturated rings. The van der Waals surface area contributed by atoms with E-state index >= 15 is 0 Å².